The van der Waals surface area contributed by atoms with Gasteiger partial charge in [0.2, 0.25) is 5.13 Å². The van der Waals surface area contributed by atoms with Gasteiger partial charge < -0.3 is 11.1 Å². The van der Waals surface area contributed by atoms with E-state index >= 15 is 0 Å². The van der Waals surface area contributed by atoms with Crippen LogP contribution in [0.3, 0.4) is 0 Å². The lowest BCUT2D eigenvalue weighted by Gasteiger charge is -2.13. The second-order valence-corrected chi connectivity index (χ2v) is 9.19. The molecule has 0 fully saturated rings. The molecular formula is C19H22N6O3S2. The number of carbonyl (C=O) groups excluding carboxylic acids is 1. The molecule has 2 aromatic heterocycles. The molecule has 2 heterocycles. The third kappa shape index (κ3) is 4.62. The number of Topliss-reactive ketones (excluding diaryl/α,β-unsaturated/α-hetero) is 1. The Balaban J connectivity index is 1.66. The molecule has 1 unspecified atom stereocenters. The maximum atomic E-state index is 12.9. The minimum absolute atomic E-state index is 0.138. The van der Waals surface area contributed by atoms with Gasteiger partial charge in [0.1, 0.15) is 11.4 Å². The van der Waals surface area contributed by atoms with Crippen molar-refractivity contribution in [3.8, 4) is 0 Å². The van der Waals surface area contributed by atoms with Gasteiger partial charge in [-0.3, -0.25) is 18.7 Å². The second-order valence-electron chi connectivity index (χ2n) is 6.63. The van der Waals surface area contributed by atoms with Crippen molar-refractivity contribution in [3.63, 3.8) is 0 Å². The summed E-state index contributed by atoms with van der Waals surface area (Å²) in [7, 11) is 2.74. The van der Waals surface area contributed by atoms with E-state index in [0.717, 1.165) is 15.6 Å². The number of hydrogen-bond donors (Lipinski definition) is 2. The Morgan fingerprint density at radius 1 is 1.20 bits per heavy atom. The van der Waals surface area contributed by atoms with E-state index < -0.39 is 22.3 Å². The summed E-state index contributed by atoms with van der Waals surface area (Å²) in [5, 5.41) is 11.5. The smallest absolute Gasteiger partial charge is 0.332 e. The van der Waals surface area contributed by atoms with Gasteiger partial charge in [0.05, 0.1) is 5.25 Å². The van der Waals surface area contributed by atoms with Crippen molar-refractivity contribution in [1.82, 2.24) is 19.3 Å². The molecule has 0 spiro atoms. The minimum Gasteiger partial charge on any atom is -0.384 e. The lowest BCUT2D eigenvalue weighted by molar-refractivity contribution is 0.0992. The first-order valence-corrected chi connectivity index (χ1v) is 10.9. The molecule has 3 N–H and O–H groups in total. The Bertz CT molecular complexity index is 1170. The molecule has 11 heteroatoms. The molecule has 0 aliphatic carbocycles. The SMILES string of the molecule is CC(Sc1nnc(NCCc2ccccc2)s1)C(=O)c1c(N)n(C)c(=O)n(C)c1=O. The van der Waals surface area contributed by atoms with Gasteiger partial charge in [-0.15, -0.1) is 10.2 Å². The third-order valence-electron chi connectivity index (χ3n) is 4.54. The predicted octanol–water partition coefficient (Wildman–Crippen LogP) is 1.54. The summed E-state index contributed by atoms with van der Waals surface area (Å²) in [4.78, 5) is 37.2. The van der Waals surface area contributed by atoms with Crippen LogP contribution in [0.2, 0.25) is 0 Å². The van der Waals surface area contributed by atoms with E-state index in [1.54, 1.807) is 6.92 Å². The largest absolute Gasteiger partial charge is 0.384 e. The molecule has 0 aliphatic rings. The summed E-state index contributed by atoms with van der Waals surface area (Å²) in [6.07, 6.45) is 0.854. The van der Waals surface area contributed by atoms with E-state index in [2.05, 4.69) is 27.6 Å². The van der Waals surface area contributed by atoms with Crippen LogP contribution in [0.4, 0.5) is 10.9 Å². The number of thioether (sulfide) groups is 1. The highest BCUT2D eigenvalue weighted by molar-refractivity contribution is 8.02. The van der Waals surface area contributed by atoms with E-state index in [-0.39, 0.29) is 11.4 Å². The molecule has 3 aromatic rings. The van der Waals surface area contributed by atoms with E-state index in [9.17, 15) is 14.4 Å². The lowest BCUT2D eigenvalue weighted by Crippen LogP contribution is -2.42. The van der Waals surface area contributed by atoms with Crippen LogP contribution in [-0.4, -0.2) is 36.9 Å². The van der Waals surface area contributed by atoms with E-state index in [1.165, 1.54) is 42.8 Å². The van der Waals surface area contributed by atoms with Crippen molar-refractivity contribution in [2.24, 2.45) is 14.1 Å². The van der Waals surface area contributed by atoms with Crippen molar-refractivity contribution >= 4 is 39.8 Å². The van der Waals surface area contributed by atoms with Crippen molar-refractivity contribution in [2.75, 3.05) is 17.6 Å². The molecule has 9 nitrogen and oxygen atoms in total. The van der Waals surface area contributed by atoms with Crippen LogP contribution in [0.1, 0.15) is 22.8 Å². The first-order chi connectivity index (χ1) is 14.3. The van der Waals surface area contributed by atoms with Gasteiger partial charge in [-0.25, -0.2) is 4.79 Å². The van der Waals surface area contributed by atoms with Crippen molar-refractivity contribution in [1.29, 1.82) is 0 Å². The molecule has 3 rings (SSSR count). The van der Waals surface area contributed by atoms with Gasteiger partial charge in [0.15, 0.2) is 10.1 Å². The number of nitrogen functional groups attached to an aromatic ring is 1. The highest BCUT2D eigenvalue weighted by Crippen LogP contribution is 2.30. The number of nitrogens with one attached hydrogen (secondary N) is 1. The zero-order valence-corrected chi connectivity index (χ0v) is 18.4. The minimum atomic E-state index is -0.700. The fourth-order valence-corrected chi connectivity index (χ4v) is 4.77. The fourth-order valence-electron chi connectivity index (χ4n) is 2.79. The summed E-state index contributed by atoms with van der Waals surface area (Å²) in [6.45, 7) is 2.38. The molecule has 0 aliphatic heterocycles. The van der Waals surface area contributed by atoms with Crippen LogP contribution in [0.5, 0.6) is 0 Å². The summed E-state index contributed by atoms with van der Waals surface area (Å²) >= 11 is 2.53. The molecule has 1 atom stereocenters. The number of aromatic nitrogens is 4. The number of benzene rings is 1. The number of carbonyl (C=O) groups is 1. The normalized spacial score (nSPS) is 12.0. The van der Waals surface area contributed by atoms with Crippen LogP contribution in [0.25, 0.3) is 0 Å². The second kappa shape index (κ2) is 9.26. The monoisotopic (exact) mass is 446 g/mol. The maximum absolute atomic E-state index is 12.9. The summed E-state index contributed by atoms with van der Waals surface area (Å²) < 4.78 is 2.56. The Labute approximate surface area is 181 Å². The Kier molecular flexibility index (Phi) is 6.73. The number of rotatable bonds is 8. The van der Waals surface area contributed by atoms with E-state index in [4.69, 9.17) is 5.73 Å². The van der Waals surface area contributed by atoms with Crippen molar-refractivity contribution in [2.45, 2.75) is 22.9 Å². The van der Waals surface area contributed by atoms with Gasteiger partial charge in [-0.05, 0) is 18.9 Å². The third-order valence-corrected chi connectivity index (χ3v) is 6.61. The maximum Gasteiger partial charge on any atom is 0.332 e. The number of anilines is 2. The number of ketones is 1. The molecule has 30 heavy (non-hydrogen) atoms. The molecule has 0 amide bonds. The van der Waals surface area contributed by atoms with E-state index in [1.807, 2.05) is 18.2 Å². The summed E-state index contributed by atoms with van der Waals surface area (Å²) in [6, 6.07) is 10.1. The van der Waals surface area contributed by atoms with Crippen LogP contribution in [0, 0.1) is 0 Å². The average Bonchev–Trinajstić information content (AvgIpc) is 3.18. The topological polar surface area (TPSA) is 125 Å². The Hall–Kier alpha value is -2.92. The lowest BCUT2D eigenvalue weighted by atomic mass is 10.1. The number of nitrogens with two attached hydrogens (primary N) is 1. The van der Waals surface area contributed by atoms with E-state index in [0.29, 0.717) is 16.0 Å². The molecule has 1 aromatic carbocycles. The predicted molar refractivity (Wildman–Crippen MR) is 120 cm³/mol. The first kappa shape index (κ1) is 21.8. The number of hydrogen-bond acceptors (Lipinski definition) is 9. The molecule has 0 bridgehead atoms. The van der Waals surface area contributed by atoms with Crippen molar-refractivity contribution in [3.05, 3.63) is 62.3 Å². The van der Waals surface area contributed by atoms with Crippen LogP contribution >= 0.6 is 23.1 Å². The molecular weight excluding hydrogens is 424 g/mol. The van der Waals surface area contributed by atoms with Gasteiger partial charge in [0, 0.05) is 20.6 Å². The fraction of sp³-hybridized carbons (Fsp3) is 0.316. The molecule has 0 radical (unpaired) electrons. The first-order valence-electron chi connectivity index (χ1n) is 9.17. The summed E-state index contributed by atoms with van der Waals surface area (Å²) in [5.41, 5.74) is 5.63. The quantitative estimate of drug-likeness (QED) is 0.394. The highest BCUT2D eigenvalue weighted by atomic mass is 32.2. The highest BCUT2D eigenvalue weighted by Gasteiger charge is 2.26. The van der Waals surface area contributed by atoms with Gasteiger partial charge in [-0.1, -0.05) is 53.4 Å². The molecule has 0 saturated carbocycles. The van der Waals surface area contributed by atoms with Crippen LogP contribution in [0.15, 0.2) is 44.3 Å². The van der Waals surface area contributed by atoms with Gasteiger partial charge in [-0.2, -0.15) is 0 Å². The van der Waals surface area contributed by atoms with Crippen LogP contribution < -0.4 is 22.3 Å². The van der Waals surface area contributed by atoms with Crippen LogP contribution in [-0.2, 0) is 20.5 Å². The zero-order chi connectivity index (χ0) is 21.8. The number of nitrogens with zero attached hydrogens (tertiary/aromatic N) is 4. The van der Waals surface area contributed by atoms with Gasteiger partial charge >= 0.3 is 5.69 Å². The van der Waals surface area contributed by atoms with Crippen molar-refractivity contribution < 1.29 is 4.79 Å². The Morgan fingerprint density at radius 3 is 2.60 bits per heavy atom. The zero-order valence-electron chi connectivity index (χ0n) is 16.8. The molecule has 158 valence electrons. The standard InChI is InChI=1S/C19H22N6O3S2/c1-11(14(26)13-15(20)24(2)19(28)25(3)16(13)27)29-18-23-22-17(30-18)21-10-9-12-7-5-4-6-8-12/h4-8,11H,9-10,20H2,1-3H3,(H,21,22). The average molecular weight is 447 g/mol. The molecule has 0 saturated heterocycles. The Morgan fingerprint density at radius 2 is 1.90 bits per heavy atom. The summed E-state index contributed by atoms with van der Waals surface area (Å²) in [5.74, 6) is -0.594. The van der Waals surface area contributed by atoms with Gasteiger partial charge in [0.25, 0.3) is 5.56 Å².